The van der Waals surface area contributed by atoms with E-state index in [2.05, 4.69) is 30.0 Å². The van der Waals surface area contributed by atoms with Gasteiger partial charge in [-0.1, -0.05) is 45.2 Å². The van der Waals surface area contributed by atoms with Gasteiger partial charge in [-0.2, -0.15) is 0 Å². The van der Waals surface area contributed by atoms with Crippen LogP contribution in [0, 0.1) is 5.92 Å². The molecule has 0 radical (unpaired) electrons. The van der Waals surface area contributed by atoms with Crippen LogP contribution in [-0.4, -0.2) is 22.1 Å². The maximum absolute atomic E-state index is 12.0. The molecule has 0 saturated carbocycles. The first-order chi connectivity index (χ1) is 13.0. The lowest BCUT2D eigenvalue weighted by atomic mass is 10.0. The van der Waals surface area contributed by atoms with Crippen molar-refractivity contribution in [1.29, 1.82) is 0 Å². The molecule has 0 saturated heterocycles. The SMILES string of the molecule is CCCCC[C@H](C)CNC(=S)NNC(=O)CCn1c(=O)oc2ccccc21. The quantitative estimate of drug-likeness (QED) is 0.345. The zero-order valence-corrected chi connectivity index (χ0v) is 16.7. The molecule has 2 aromatic rings. The molecule has 1 aromatic heterocycles. The summed E-state index contributed by atoms with van der Waals surface area (Å²) in [7, 11) is 0. The van der Waals surface area contributed by atoms with Crippen molar-refractivity contribution in [2.45, 2.75) is 52.5 Å². The van der Waals surface area contributed by atoms with Crippen molar-refractivity contribution in [1.82, 2.24) is 20.7 Å². The average molecular weight is 393 g/mol. The molecule has 27 heavy (non-hydrogen) atoms. The molecular weight excluding hydrogens is 364 g/mol. The highest BCUT2D eigenvalue weighted by atomic mass is 32.1. The van der Waals surface area contributed by atoms with E-state index < -0.39 is 5.76 Å². The fraction of sp³-hybridized carbons (Fsp3) is 0.526. The van der Waals surface area contributed by atoms with Gasteiger partial charge in [0.05, 0.1) is 5.52 Å². The molecule has 0 aliphatic carbocycles. The van der Waals surface area contributed by atoms with E-state index in [0.29, 0.717) is 22.1 Å². The van der Waals surface area contributed by atoms with Gasteiger partial charge < -0.3 is 9.73 Å². The fourth-order valence-electron chi connectivity index (χ4n) is 2.78. The summed E-state index contributed by atoms with van der Waals surface area (Å²) in [5, 5.41) is 3.49. The largest absolute Gasteiger partial charge is 0.419 e. The minimum Gasteiger partial charge on any atom is -0.408 e. The number of aromatic nitrogens is 1. The highest BCUT2D eigenvalue weighted by Crippen LogP contribution is 2.12. The first kappa shape index (κ1) is 21.0. The number of hydrazine groups is 1. The second-order valence-electron chi connectivity index (χ2n) is 6.72. The minimum atomic E-state index is -0.466. The molecule has 0 bridgehead atoms. The summed E-state index contributed by atoms with van der Waals surface area (Å²) in [5.74, 6) is -0.202. The van der Waals surface area contributed by atoms with E-state index in [-0.39, 0.29) is 18.9 Å². The number of hydrogen-bond acceptors (Lipinski definition) is 4. The number of nitrogens with zero attached hydrogens (tertiary/aromatic N) is 1. The van der Waals surface area contributed by atoms with Crippen LogP contribution >= 0.6 is 12.2 Å². The fourth-order valence-corrected chi connectivity index (χ4v) is 2.92. The van der Waals surface area contributed by atoms with Gasteiger partial charge in [-0.15, -0.1) is 0 Å². The third-order valence-electron chi connectivity index (χ3n) is 4.36. The van der Waals surface area contributed by atoms with Gasteiger partial charge in [-0.3, -0.25) is 20.2 Å². The van der Waals surface area contributed by atoms with E-state index >= 15 is 0 Å². The molecular formula is C19H28N4O3S. The van der Waals surface area contributed by atoms with Gasteiger partial charge in [0.25, 0.3) is 0 Å². The van der Waals surface area contributed by atoms with Crippen molar-refractivity contribution in [2.75, 3.05) is 6.54 Å². The van der Waals surface area contributed by atoms with Crippen molar-refractivity contribution in [3.63, 3.8) is 0 Å². The van der Waals surface area contributed by atoms with E-state index in [1.807, 2.05) is 6.07 Å². The van der Waals surface area contributed by atoms with Crippen LogP contribution in [0.3, 0.4) is 0 Å². The number of carbonyl (C=O) groups is 1. The van der Waals surface area contributed by atoms with Crippen LogP contribution in [0.1, 0.15) is 46.0 Å². The first-order valence-electron chi connectivity index (χ1n) is 9.42. The van der Waals surface area contributed by atoms with Crippen molar-refractivity contribution >= 4 is 34.3 Å². The Morgan fingerprint density at radius 1 is 1.26 bits per heavy atom. The van der Waals surface area contributed by atoms with Gasteiger partial charge in [-0.25, -0.2) is 4.79 Å². The number of oxazole rings is 1. The monoisotopic (exact) mass is 392 g/mol. The normalized spacial score (nSPS) is 11.9. The van der Waals surface area contributed by atoms with Gasteiger partial charge >= 0.3 is 5.76 Å². The lowest BCUT2D eigenvalue weighted by Crippen LogP contribution is -2.47. The van der Waals surface area contributed by atoms with E-state index in [1.54, 1.807) is 18.2 Å². The lowest BCUT2D eigenvalue weighted by molar-refractivity contribution is -0.121. The van der Waals surface area contributed by atoms with Crippen molar-refractivity contribution < 1.29 is 9.21 Å². The maximum atomic E-state index is 12.0. The number of benzene rings is 1. The predicted octanol–water partition coefficient (Wildman–Crippen LogP) is 2.70. The van der Waals surface area contributed by atoms with Crippen LogP contribution < -0.4 is 21.9 Å². The molecule has 0 fully saturated rings. The molecule has 1 aromatic carbocycles. The number of aryl methyl sites for hydroxylation is 1. The van der Waals surface area contributed by atoms with Crippen LogP contribution in [0.2, 0.25) is 0 Å². The number of thiocarbonyl (C=S) groups is 1. The van der Waals surface area contributed by atoms with Crippen LogP contribution in [0.5, 0.6) is 0 Å². The summed E-state index contributed by atoms with van der Waals surface area (Å²) in [6, 6.07) is 7.13. The summed E-state index contributed by atoms with van der Waals surface area (Å²) in [6.07, 6.45) is 4.97. The predicted molar refractivity (Wildman–Crippen MR) is 110 cm³/mol. The molecule has 0 aliphatic rings. The molecule has 1 atom stereocenters. The zero-order chi connectivity index (χ0) is 19.6. The van der Waals surface area contributed by atoms with Gasteiger partial charge in [0, 0.05) is 19.5 Å². The summed E-state index contributed by atoms with van der Waals surface area (Å²) in [4.78, 5) is 23.9. The smallest absolute Gasteiger partial charge is 0.408 e. The number of carbonyl (C=O) groups excluding carboxylic acids is 1. The average Bonchev–Trinajstić information content (AvgIpc) is 2.98. The standard InChI is InChI=1S/C19H28N4O3S/c1-3-4-5-8-14(2)13-20-18(27)22-21-17(24)11-12-23-15-9-6-7-10-16(15)26-19(23)25/h6-7,9-10,14H,3-5,8,11-13H2,1-2H3,(H,21,24)(H2,20,22,27)/t14-/m0/s1. The van der Waals surface area contributed by atoms with Gasteiger partial charge in [0.2, 0.25) is 5.91 Å². The Labute approximate surface area is 164 Å². The lowest BCUT2D eigenvalue weighted by Gasteiger charge is -2.15. The Balaban J connectivity index is 1.69. The van der Waals surface area contributed by atoms with E-state index in [4.69, 9.17) is 16.6 Å². The molecule has 3 N–H and O–H groups in total. The maximum Gasteiger partial charge on any atom is 0.419 e. The summed E-state index contributed by atoms with van der Waals surface area (Å²) in [6.45, 7) is 5.37. The van der Waals surface area contributed by atoms with Crippen molar-refractivity contribution in [2.24, 2.45) is 5.92 Å². The van der Waals surface area contributed by atoms with Crippen molar-refractivity contribution in [3.8, 4) is 0 Å². The van der Waals surface area contributed by atoms with E-state index in [9.17, 15) is 9.59 Å². The zero-order valence-electron chi connectivity index (χ0n) is 15.9. The molecule has 1 heterocycles. The first-order valence-corrected chi connectivity index (χ1v) is 9.83. The number of unbranched alkanes of at least 4 members (excludes halogenated alkanes) is 2. The minimum absolute atomic E-state index is 0.131. The molecule has 0 spiro atoms. The van der Waals surface area contributed by atoms with E-state index in [1.165, 1.54) is 23.8 Å². The number of fused-ring (bicyclic) bond motifs is 1. The summed E-state index contributed by atoms with van der Waals surface area (Å²) in [5.41, 5.74) is 6.44. The number of nitrogens with one attached hydrogen (secondary N) is 3. The summed E-state index contributed by atoms with van der Waals surface area (Å²) < 4.78 is 6.60. The molecule has 1 amide bonds. The molecule has 0 unspecified atom stereocenters. The van der Waals surface area contributed by atoms with Gasteiger partial charge in [0.15, 0.2) is 10.7 Å². The second-order valence-corrected chi connectivity index (χ2v) is 7.13. The Kier molecular flexibility index (Phi) is 8.32. The second kappa shape index (κ2) is 10.7. The van der Waals surface area contributed by atoms with Crippen LogP contribution in [0.4, 0.5) is 0 Å². The Bertz CT molecular complexity index is 815. The molecule has 0 aliphatic heterocycles. The third kappa shape index (κ3) is 6.71. The number of amides is 1. The Morgan fingerprint density at radius 2 is 2.04 bits per heavy atom. The van der Waals surface area contributed by atoms with Crippen LogP contribution in [0.15, 0.2) is 33.5 Å². The number of rotatable bonds is 9. The molecule has 148 valence electrons. The summed E-state index contributed by atoms with van der Waals surface area (Å²) >= 11 is 5.17. The molecule has 2 rings (SSSR count). The third-order valence-corrected chi connectivity index (χ3v) is 4.61. The van der Waals surface area contributed by atoms with Crippen molar-refractivity contribution in [3.05, 3.63) is 34.8 Å². The Morgan fingerprint density at radius 3 is 2.81 bits per heavy atom. The van der Waals surface area contributed by atoms with Gasteiger partial charge in [-0.05, 0) is 36.7 Å². The molecule has 7 nitrogen and oxygen atoms in total. The van der Waals surface area contributed by atoms with Gasteiger partial charge in [0.1, 0.15) is 0 Å². The highest BCUT2D eigenvalue weighted by molar-refractivity contribution is 7.80. The number of hydrogen-bond donors (Lipinski definition) is 3. The number of para-hydroxylation sites is 2. The van der Waals surface area contributed by atoms with Crippen LogP contribution in [0.25, 0.3) is 11.1 Å². The molecule has 8 heteroatoms. The topological polar surface area (TPSA) is 88.3 Å². The van der Waals surface area contributed by atoms with E-state index in [0.717, 1.165) is 13.0 Å². The Hall–Kier alpha value is -2.35. The highest BCUT2D eigenvalue weighted by Gasteiger charge is 2.10. The van der Waals surface area contributed by atoms with Crippen LogP contribution in [-0.2, 0) is 11.3 Å².